The Labute approximate surface area is 153 Å². The summed E-state index contributed by atoms with van der Waals surface area (Å²) < 4.78 is 0. The number of hydrogen-bond donors (Lipinski definition) is 2. The molecule has 0 radical (unpaired) electrons. The molecule has 2 N–H and O–H groups in total. The van der Waals surface area contributed by atoms with Crippen LogP contribution in [0.15, 0.2) is 42.5 Å². The lowest BCUT2D eigenvalue weighted by atomic mass is 10.0. The van der Waals surface area contributed by atoms with Gasteiger partial charge < -0.3 is 10.4 Å². The minimum absolute atomic E-state index is 0.120. The van der Waals surface area contributed by atoms with Gasteiger partial charge in [0.15, 0.2) is 0 Å². The van der Waals surface area contributed by atoms with Crippen LogP contribution in [0.25, 0.3) is 0 Å². The molecule has 1 saturated heterocycles. The number of hydrogen-bond acceptors (Lipinski definition) is 3. The lowest BCUT2D eigenvalue weighted by Crippen LogP contribution is -2.41. The Morgan fingerprint density at radius 2 is 1.79 bits per heavy atom. The zero-order valence-electron chi connectivity index (χ0n) is 13.5. The second kappa shape index (κ2) is 8.21. The van der Waals surface area contributed by atoms with Gasteiger partial charge in [-0.1, -0.05) is 53.5 Å². The second-order valence-electron chi connectivity index (χ2n) is 6.31. The van der Waals surface area contributed by atoms with Crippen LogP contribution in [0.4, 0.5) is 0 Å². The number of rotatable bonds is 5. The number of likely N-dealkylation sites (tertiary alicyclic amines) is 1. The first-order valence-electron chi connectivity index (χ1n) is 8.28. The molecule has 0 atom stereocenters. The van der Waals surface area contributed by atoms with E-state index in [1.54, 1.807) is 12.1 Å². The molecule has 1 aliphatic rings. The molecule has 1 fully saturated rings. The summed E-state index contributed by atoms with van der Waals surface area (Å²) in [7, 11) is 0. The third kappa shape index (κ3) is 4.64. The van der Waals surface area contributed by atoms with E-state index in [-0.39, 0.29) is 5.75 Å². The van der Waals surface area contributed by atoms with E-state index in [1.165, 1.54) is 5.56 Å². The van der Waals surface area contributed by atoms with Crippen molar-refractivity contribution in [2.24, 2.45) is 0 Å². The van der Waals surface area contributed by atoms with Crippen molar-refractivity contribution < 1.29 is 5.11 Å². The highest BCUT2D eigenvalue weighted by atomic mass is 35.5. The fourth-order valence-corrected chi connectivity index (χ4v) is 3.68. The van der Waals surface area contributed by atoms with Crippen LogP contribution in [0.2, 0.25) is 10.0 Å². The van der Waals surface area contributed by atoms with Crippen molar-refractivity contribution in [2.45, 2.75) is 32.0 Å². The predicted molar refractivity (Wildman–Crippen MR) is 99.7 cm³/mol. The number of nitrogens with zero attached hydrogens (tertiary/aromatic N) is 1. The lowest BCUT2D eigenvalue weighted by molar-refractivity contribution is 0.190. The molecule has 3 nitrogen and oxygen atoms in total. The van der Waals surface area contributed by atoms with E-state index >= 15 is 0 Å². The number of halogens is 2. The van der Waals surface area contributed by atoms with Crippen molar-refractivity contribution in [1.82, 2.24) is 10.2 Å². The van der Waals surface area contributed by atoms with Gasteiger partial charge in [0, 0.05) is 29.7 Å². The van der Waals surface area contributed by atoms with Gasteiger partial charge in [-0.15, -0.1) is 0 Å². The summed E-state index contributed by atoms with van der Waals surface area (Å²) in [5.41, 5.74) is 2.11. The molecule has 0 aliphatic carbocycles. The number of piperidine rings is 1. The summed E-state index contributed by atoms with van der Waals surface area (Å²) in [6, 6.07) is 14.4. The molecule has 1 heterocycles. The molecule has 0 unspecified atom stereocenters. The first kappa shape index (κ1) is 17.6. The first-order valence-corrected chi connectivity index (χ1v) is 9.04. The number of phenols is 1. The average molecular weight is 365 g/mol. The Bertz CT molecular complexity index is 671. The van der Waals surface area contributed by atoms with Gasteiger partial charge >= 0.3 is 0 Å². The highest BCUT2D eigenvalue weighted by Crippen LogP contribution is 2.31. The molecule has 128 valence electrons. The third-order valence-electron chi connectivity index (χ3n) is 4.52. The number of nitrogens with one attached hydrogen (secondary N) is 1. The standard InChI is InChI=1S/C19H22Cl2N2O/c20-16-10-15(19(24)18(21)11-16)12-22-17-6-8-23(9-7-17)13-14-4-2-1-3-5-14/h1-5,10-11,17,22,24H,6-9,12-13H2. The Hall–Kier alpha value is -1.26. The van der Waals surface area contributed by atoms with Crippen LogP contribution in [-0.2, 0) is 13.1 Å². The van der Waals surface area contributed by atoms with E-state index in [1.807, 2.05) is 0 Å². The highest BCUT2D eigenvalue weighted by molar-refractivity contribution is 6.35. The van der Waals surface area contributed by atoms with Crippen molar-refractivity contribution >= 4 is 23.2 Å². The Morgan fingerprint density at radius 3 is 2.50 bits per heavy atom. The van der Waals surface area contributed by atoms with Crippen LogP contribution in [-0.4, -0.2) is 29.1 Å². The Morgan fingerprint density at radius 1 is 1.08 bits per heavy atom. The zero-order chi connectivity index (χ0) is 16.9. The monoisotopic (exact) mass is 364 g/mol. The minimum atomic E-state index is 0.120. The maximum absolute atomic E-state index is 10.0. The van der Waals surface area contributed by atoms with Crippen molar-refractivity contribution in [3.63, 3.8) is 0 Å². The maximum Gasteiger partial charge on any atom is 0.138 e. The van der Waals surface area contributed by atoms with Gasteiger partial charge in [-0.05, 0) is 43.6 Å². The molecule has 0 bridgehead atoms. The summed E-state index contributed by atoms with van der Waals surface area (Å²) in [5.74, 6) is 0.120. The van der Waals surface area contributed by atoms with Crippen molar-refractivity contribution in [1.29, 1.82) is 0 Å². The summed E-state index contributed by atoms with van der Waals surface area (Å²) in [6.07, 6.45) is 2.20. The number of aromatic hydroxyl groups is 1. The molecular weight excluding hydrogens is 343 g/mol. The molecule has 2 aromatic carbocycles. The van der Waals surface area contributed by atoms with E-state index in [0.717, 1.165) is 38.0 Å². The van der Waals surface area contributed by atoms with E-state index < -0.39 is 0 Å². The largest absolute Gasteiger partial charge is 0.506 e. The van der Waals surface area contributed by atoms with Gasteiger partial charge in [-0.25, -0.2) is 0 Å². The van der Waals surface area contributed by atoms with Gasteiger partial charge in [-0.3, -0.25) is 4.90 Å². The summed E-state index contributed by atoms with van der Waals surface area (Å²) in [6.45, 7) is 3.75. The van der Waals surface area contributed by atoms with Crippen LogP contribution in [0, 0.1) is 0 Å². The number of phenolic OH excluding ortho intramolecular Hbond substituents is 1. The molecule has 0 saturated carbocycles. The molecule has 2 aromatic rings. The van der Waals surface area contributed by atoms with Gasteiger partial charge in [-0.2, -0.15) is 0 Å². The Balaban J connectivity index is 1.48. The van der Waals surface area contributed by atoms with Crippen molar-refractivity contribution in [3.05, 3.63) is 63.6 Å². The minimum Gasteiger partial charge on any atom is -0.506 e. The zero-order valence-corrected chi connectivity index (χ0v) is 15.0. The molecule has 1 aliphatic heterocycles. The molecule has 0 spiro atoms. The highest BCUT2D eigenvalue weighted by Gasteiger charge is 2.19. The van der Waals surface area contributed by atoms with Crippen molar-refractivity contribution in [3.8, 4) is 5.75 Å². The van der Waals surface area contributed by atoms with Crippen LogP contribution < -0.4 is 5.32 Å². The summed E-state index contributed by atoms with van der Waals surface area (Å²) in [5, 5.41) is 14.4. The van der Waals surface area contributed by atoms with Gasteiger partial charge in [0.25, 0.3) is 0 Å². The lowest BCUT2D eigenvalue weighted by Gasteiger charge is -2.32. The quantitative estimate of drug-likeness (QED) is 0.822. The number of benzene rings is 2. The first-order chi connectivity index (χ1) is 11.6. The maximum atomic E-state index is 10.0. The summed E-state index contributed by atoms with van der Waals surface area (Å²) in [4.78, 5) is 2.49. The fraction of sp³-hybridized carbons (Fsp3) is 0.368. The van der Waals surface area contributed by atoms with E-state index in [4.69, 9.17) is 23.2 Å². The van der Waals surface area contributed by atoms with Crippen LogP contribution >= 0.6 is 23.2 Å². The molecular formula is C19H22Cl2N2O. The molecule has 3 rings (SSSR count). The van der Waals surface area contributed by atoms with E-state index in [9.17, 15) is 5.11 Å². The molecule has 0 aromatic heterocycles. The topological polar surface area (TPSA) is 35.5 Å². The molecule has 0 amide bonds. The van der Waals surface area contributed by atoms with Crippen molar-refractivity contribution in [2.75, 3.05) is 13.1 Å². The van der Waals surface area contributed by atoms with Gasteiger partial charge in [0.1, 0.15) is 5.75 Å². The van der Waals surface area contributed by atoms with Crippen LogP contribution in [0.3, 0.4) is 0 Å². The van der Waals surface area contributed by atoms with E-state index in [0.29, 0.717) is 22.6 Å². The smallest absolute Gasteiger partial charge is 0.138 e. The second-order valence-corrected chi connectivity index (χ2v) is 7.16. The van der Waals surface area contributed by atoms with E-state index in [2.05, 4.69) is 40.5 Å². The van der Waals surface area contributed by atoms with Gasteiger partial charge in [0.2, 0.25) is 0 Å². The average Bonchev–Trinajstić information content (AvgIpc) is 2.59. The van der Waals surface area contributed by atoms with Gasteiger partial charge in [0.05, 0.1) is 5.02 Å². The molecule has 24 heavy (non-hydrogen) atoms. The molecule has 5 heteroatoms. The van der Waals surface area contributed by atoms with Crippen LogP contribution in [0.5, 0.6) is 5.75 Å². The van der Waals surface area contributed by atoms with Crippen LogP contribution in [0.1, 0.15) is 24.0 Å². The SMILES string of the molecule is Oc1c(Cl)cc(Cl)cc1CNC1CCN(Cc2ccccc2)CC1. The fourth-order valence-electron chi connectivity index (χ4n) is 3.15. The summed E-state index contributed by atoms with van der Waals surface area (Å²) >= 11 is 12.0. The predicted octanol–water partition coefficient (Wildman–Crippen LogP) is 4.45. The normalized spacial score (nSPS) is 16.4. The Kier molecular flexibility index (Phi) is 6.01. The third-order valence-corrected chi connectivity index (χ3v) is 5.03.